The minimum Gasteiger partial charge on any atom is -0.454 e. The van der Waals surface area contributed by atoms with Crippen molar-refractivity contribution in [1.82, 2.24) is 9.78 Å². The van der Waals surface area contributed by atoms with E-state index in [4.69, 9.17) is 27.9 Å². The summed E-state index contributed by atoms with van der Waals surface area (Å²) in [6.07, 6.45) is 3.63. The van der Waals surface area contributed by atoms with Gasteiger partial charge in [0, 0.05) is 28.0 Å². The predicted molar refractivity (Wildman–Crippen MR) is 103 cm³/mol. The number of halogens is 2. The molecule has 4 nitrogen and oxygen atoms in total. The zero-order valence-electron chi connectivity index (χ0n) is 14.4. The molecule has 0 saturated heterocycles. The first-order valence-corrected chi connectivity index (χ1v) is 9.02. The van der Waals surface area contributed by atoms with Gasteiger partial charge in [0.15, 0.2) is 0 Å². The van der Waals surface area contributed by atoms with Crippen LogP contribution in [0, 0.1) is 6.92 Å². The first-order valence-electron chi connectivity index (χ1n) is 8.26. The van der Waals surface area contributed by atoms with Gasteiger partial charge in [-0.1, -0.05) is 36.2 Å². The van der Waals surface area contributed by atoms with Crippen molar-refractivity contribution >= 4 is 29.2 Å². The van der Waals surface area contributed by atoms with Crippen molar-refractivity contribution in [1.29, 1.82) is 0 Å². The molecule has 0 fully saturated rings. The van der Waals surface area contributed by atoms with Crippen molar-refractivity contribution in [3.05, 3.63) is 81.6 Å². The Hall–Kier alpha value is -2.30. The second-order valence-electron chi connectivity index (χ2n) is 5.89. The van der Waals surface area contributed by atoms with E-state index < -0.39 is 12.1 Å². The van der Waals surface area contributed by atoms with E-state index in [1.807, 2.05) is 32.2 Å². The number of aryl methyl sites for hydroxylation is 1. The van der Waals surface area contributed by atoms with Crippen LogP contribution in [-0.2, 0) is 4.74 Å². The zero-order valence-corrected chi connectivity index (χ0v) is 16.0. The lowest BCUT2D eigenvalue weighted by Gasteiger charge is -2.19. The summed E-state index contributed by atoms with van der Waals surface area (Å²) in [4.78, 5) is 12.6. The summed E-state index contributed by atoms with van der Waals surface area (Å²) in [6, 6.07) is 12.5. The summed E-state index contributed by atoms with van der Waals surface area (Å²) in [6.45, 7) is 3.85. The van der Waals surface area contributed by atoms with Crippen LogP contribution in [0.25, 0.3) is 5.69 Å². The molecular formula is C20H18Cl2N2O2. The molecule has 0 saturated carbocycles. The number of ether oxygens (including phenoxy) is 1. The lowest BCUT2D eigenvalue weighted by atomic mass is 10.1. The summed E-state index contributed by atoms with van der Waals surface area (Å²) in [7, 11) is 0. The second-order valence-corrected chi connectivity index (χ2v) is 6.70. The number of aromatic nitrogens is 2. The maximum absolute atomic E-state index is 12.6. The van der Waals surface area contributed by atoms with Crippen LogP contribution < -0.4 is 0 Å². The van der Waals surface area contributed by atoms with E-state index >= 15 is 0 Å². The molecule has 2 aromatic carbocycles. The highest BCUT2D eigenvalue weighted by Crippen LogP contribution is 2.34. The van der Waals surface area contributed by atoms with Crippen LogP contribution in [0.4, 0.5) is 0 Å². The van der Waals surface area contributed by atoms with E-state index in [0.29, 0.717) is 27.6 Å². The average Bonchev–Trinajstić information content (AvgIpc) is 3.14. The fraction of sp³-hybridized carbons (Fsp3) is 0.200. The SMILES string of the molecule is CCC(OC(=O)c1ccc(-n2cccn2)c(C)c1)c1c(Cl)cccc1Cl. The summed E-state index contributed by atoms with van der Waals surface area (Å²) in [5.41, 5.74) is 2.94. The molecule has 0 aliphatic heterocycles. The Balaban J connectivity index is 1.84. The number of carbonyl (C=O) groups is 1. The highest BCUT2D eigenvalue weighted by atomic mass is 35.5. The molecule has 1 atom stereocenters. The number of nitrogens with zero attached hydrogens (tertiary/aromatic N) is 2. The maximum atomic E-state index is 12.6. The summed E-state index contributed by atoms with van der Waals surface area (Å²) in [5, 5.41) is 5.19. The largest absolute Gasteiger partial charge is 0.454 e. The molecule has 1 heterocycles. The smallest absolute Gasteiger partial charge is 0.338 e. The summed E-state index contributed by atoms with van der Waals surface area (Å²) < 4.78 is 7.44. The van der Waals surface area contributed by atoms with Crippen LogP contribution in [0.5, 0.6) is 0 Å². The molecular weight excluding hydrogens is 371 g/mol. The van der Waals surface area contributed by atoms with Gasteiger partial charge in [0.1, 0.15) is 6.10 Å². The van der Waals surface area contributed by atoms with Gasteiger partial charge in [-0.15, -0.1) is 0 Å². The van der Waals surface area contributed by atoms with E-state index in [1.54, 1.807) is 41.2 Å². The number of rotatable bonds is 5. The van der Waals surface area contributed by atoms with Crippen molar-refractivity contribution < 1.29 is 9.53 Å². The molecule has 26 heavy (non-hydrogen) atoms. The van der Waals surface area contributed by atoms with Crippen LogP contribution in [0.3, 0.4) is 0 Å². The van der Waals surface area contributed by atoms with Gasteiger partial charge in [-0.05, 0) is 55.3 Å². The minimum absolute atomic E-state index is 0.414. The fourth-order valence-corrected chi connectivity index (χ4v) is 3.45. The molecule has 0 spiro atoms. The molecule has 1 aromatic heterocycles. The van der Waals surface area contributed by atoms with E-state index in [9.17, 15) is 4.79 Å². The first-order chi connectivity index (χ1) is 12.5. The topological polar surface area (TPSA) is 44.1 Å². The number of carbonyl (C=O) groups excluding carboxylic acids is 1. The van der Waals surface area contributed by atoms with Gasteiger partial charge in [-0.3, -0.25) is 0 Å². The lowest BCUT2D eigenvalue weighted by molar-refractivity contribution is 0.0288. The third-order valence-electron chi connectivity index (χ3n) is 4.13. The van der Waals surface area contributed by atoms with Gasteiger partial charge in [-0.2, -0.15) is 5.10 Å². The van der Waals surface area contributed by atoms with Gasteiger partial charge in [-0.25, -0.2) is 9.48 Å². The number of esters is 1. The highest BCUT2D eigenvalue weighted by Gasteiger charge is 2.21. The van der Waals surface area contributed by atoms with Crippen molar-refractivity contribution in [2.75, 3.05) is 0 Å². The van der Waals surface area contributed by atoms with Crippen LogP contribution in [0.15, 0.2) is 54.9 Å². The van der Waals surface area contributed by atoms with Crippen molar-refractivity contribution in [2.24, 2.45) is 0 Å². The predicted octanol–water partition coefficient (Wildman–Crippen LogP) is 5.80. The first kappa shape index (κ1) is 18.5. The van der Waals surface area contributed by atoms with E-state index in [2.05, 4.69) is 5.10 Å². The van der Waals surface area contributed by atoms with E-state index in [0.717, 1.165) is 11.3 Å². The number of hydrogen-bond donors (Lipinski definition) is 0. The average molecular weight is 389 g/mol. The van der Waals surface area contributed by atoms with Crippen molar-refractivity contribution in [3.63, 3.8) is 0 Å². The molecule has 0 N–H and O–H groups in total. The summed E-state index contributed by atoms with van der Waals surface area (Å²) in [5.74, 6) is -0.414. The third kappa shape index (κ3) is 3.76. The maximum Gasteiger partial charge on any atom is 0.338 e. The van der Waals surface area contributed by atoms with Crippen LogP contribution in [0.2, 0.25) is 10.0 Å². The lowest BCUT2D eigenvalue weighted by Crippen LogP contribution is -2.12. The zero-order chi connectivity index (χ0) is 18.7. The van der Waals surface area contributed by atoms with Crippen LogP contribution in [0.1, 0.15) is 40.9 Å². The Bertz CT molecular complexity index is 903. The molecule has 0 bridgehead atoms. The quantitative estimate of drug-likeness (QED) is 0.519. The van der Waals surface area contributed by atoms with Crippen molar-refractivity contribution in [3.8, 4) is 5.69 Å². The van der Waals surface area contributed by atoms with Crippen LogP contribution in [-0.4, -0.2) is 15.7 Å². The Kier molecular flexibility index (Phi) is 5.64. The van der Waals surface area contributed by atoms with E-state index in [1.165, 1.54) is 0 Å². The normalized spacial score (nSPS) is 12.0. The molecule has 3 rings (SSSR count). The Morgan fingerprint density at radius 1 is 1.19 bits per heavy atom. The molecule has 0 radical (unpaired) electrons. The van der Waals surface area contributed by atoms with Crippen LogP contribution >= 0.6 is 23.2 Å². The number of benzene rings is 2. The molecule has 1 unspecified atom stereocenters. The van der Waals surface area contributed by atoms with Gasteiger partial charge >= 0.3 is 5.97 Å². The molecule has 6 heteroatoms. The fourth-order valence-electron chi connectivity index (χ4n) is 2.81. The van der Waals surface area contributed by atoms with Gasteiger partial charge in [0.25, 0.3) is 0 Å². The van der Waals surface area contributed by atoms with Gasteiger partial charge in [0.05, 0.1) is 11.3 Å². The summed E-state index contributed by atoms with van der Waals surface area (Å²) >= 11 is 12.5. The van der Waals surface area contributed by atoms with Crippen molar-refractivity contribution in [2.45, 2.75) is 26.4 Å². The van der Waals surface area contributed by atoms with E-state index in [-0.39, 0.29) is 0 Å². The Morgan fingerprint density at radius 2 is 1.92 bits per heavy atom. The monoisotopic (exact) mass is 388 g/mol. The highest BCUT2D eigenvalue weighted by molar-refractivity contribution is 6.36. The Morgan fingerprint density at radius 3 is 2.50 bits per heavy atom. The van der Waals surface area contributed by atoms with Gasteiger partial charge < -0.3 is 4.74 Å². The molecule has 3 aromatic rings. The van der Waals surface area contributed by atoms with Gasteiger partial charge in [0.2, 0.25) is 0 Å². The molecule has 0 aliphatic carbocycles. The second kappa shape index (κ2) is 7.94. The molecule has 0 amide bonds. The Labute approximate surface area is 162 Å². The molecule has 134 valence electrons. The standard InChI is InChI=1S/C20H18Cl2N2O2/c1-3-18(19-15(21)6-4-7-16(19)22)26-20(25)14-8-9-17(13(2)12-14)24-11-5-10-23-24/h4-12,18H,3H2,1-2H3. The number of hydrogen-bond acceptors (Lipinski definition) is 3. The third-order valence-corrected chi connectivity index (χ3v) is 4.78. The molecule has 0 aliphatic rings. The minimum atomic E-state index is -0.505.